The highest BCUT2D eigenvalue weighted by Crippen LogP contribution is 2.37. The van der Waals surface area contributed by atoms with Gasteiger partial charge in [0.15, 0.2) is 5.82 Å². The molecule has 7 heteroatoms. The maximum Gasteiger partial charge on any atom is 0.234 e. The van der Waals surface area contributed by atoms with Crippen LogP contribution in [0.3, 0.4) is 0 Å². The van der Waals surface area contributed by atoms with Crippen molar-refractivity contribution < 1.29 is 0 Å². The number of nitrogens with two attached hydrogens (primary N) is 1. The number of nitrogens with zero attached hydrogens (tertiary/aromatic N) is 4. The molecule has 4 rings (SSSR count). The van der Waals surface area contributed by atoms with Crippen LogP contribution in [0, 0.1) is 0 Å². The lowest BCUT2D eigenvalue weighted by molar-refractivity contribution is 0.395. The van der Waals surface area contributed by atoms with Crippen LogP contribution in [0.1, 0.15) is 31.0 Å². The van der Waals surface area contributed by atoms with E-state index in [-0.39, 0.29) is 0 Å². The Balaban J connectivity index is 1.80. The molecular weight excluding hydrogens is 294 g/mol. The average molecular weight is 306 g/mol. The summed E-state index contributed by atoms with van der Waals surface area (Å²) in [4.78, 5) is 0.829. The Labute approximate surface area is 124 Å². The summed E-state index contributed by atoms with van der Waals surface area (Å²) in [7, 11) is 0. The normalized spacial score (nSPS) is 15.7. The van der Waals surface area contributed by atoms with Gasteiger partial charge in [0.1, 0.15) is 5.01 Å². The van der Waals surface area contributed by atoms with Crippen molar-refractivity contribution in [1.29, 1.82) is 0 Å². The lowest BCUT2D eigenvalue weighted by Crippen LogP contribution is -2.12. The first-order chi connectivity index (χ1) is 9.72. The highest BCUT2D eigenvalue weighted by Gasteiger charge is 2.26. The van der Waals surface area contributed by atoms with Crippen LogP contribution in [0.15, 0.2) is 18.2 Å². The lowest BCUT2D eigenvalue weighted by Gasteiger charge is -2.22. The molecule has 0 saturated heterocycles. The molecule has 0 amide bonds. The third-order valence-electron chi connectivity index (χ3n) is 3.73. The molecular formula is C13H12ClN5S. The van der Waals surface area contributed by atoms with E-state index in [1.807, 2.05) is 16.6 Å². The quantitative estimate of drug-likeness (QED) is 0.737. The van der Waals surface area contributed by atoms with Crippen LogP contribution in [0.4, 0.5) is 5.69 Å². The second kappa shape index (κ2) is 4.43. The molecule has 1 saturated carbocycles. The second-order valence-corrected chi connectivity index (χ2v) is 6.39. The van der Waals surface area contributed by atoms with Gasteiger partial charge in [-0.05, 0) is 25.0 Å². The van der Waals surface area contributed by atoms with Crippen LogP contribution in [0.5, 0.6) is 0 Å². The van der Waals surface area contributed by atoms with Crippen LogP contribution >= 0.6 is 22.9 Å². The number of hydrogen-bond acceptors (Lipinski definition) is 5. The molecule has 3 aromatic rings. The van der Waals surface area contributed by atoms with Gasteiger partial charge in [0, 0.05) is 11.5 Å². The van der Waals surface area contributed by atoms with Crippen molar-refractivity contribution >= 4 is 33.6 Å². The Morgan fingerprint density at radius 3 is 2.85 bits per heavy atom. The first-order valence-electron chi connectivity index (χ1n) is 6.50. The second-order valence-electron chi connectivity index (χ2n) is 5.02. The molecule has 102 valence electrons. The van der Waals surface area contributed by atoms with Crippen molar-refractivity contribution in [2.75, 3.05) is 5.73 Å². The third kappa shape index (κ3) is 1.79. The minimum atomic E-state index is 0.509. The SMILES string of the molecule is Nc1cc(-c2nn3c(C4CCC4)nnc3s2)ccc1Cl. The van der Waals surface area contributed by atoms with E-state index in [1.165, 1.54) is 30.6 Å². The average Bonchev–Trinajstić information content (AvgIpc) is 2.93. The summed E-state index contributed by atoms with van der Waals surface area (Å²) < 4.78 is 1.87. The fourth-order valence-corrected chi connectivity index (χ4v) is 3.31. The highest BCUT2D eigenvalue weighted by atomic mass is 35.5. The molecule has 1 fully saturated rings. The zero-order valence-electron chi connectivity index (χ0n) is 10.6. The summed E-state index contributed by atoms with van der Waals surface area (Å²) >= 11 is 7.47. The first-order valence-corrected chi connectivity index (χ1v) is 7.69. The zero-order valence-corrected chi connectivity index (χ0v) is 12.2. The fourth-order valence-electron chi connectivity index (χ4n) is 2.35. The number of fused-ring (bicyclic) bond motifs is 1. The van der Waals surface area contributed by atoms with E-state index in [9.17, 15) is 0 Å². The summed E-state index contributed by atoms with van der Waals surface area (Å²) in [6.07, 6.45) is 3.63. The molecule has 1 aliphatic rings. The van der Waals surface area contributed by atoms with E-state index in [0.29, 0.717) is 16.6 Å². The molecule has 5 nitrogen and oxygen atoms in total. The monoisotopic (exact) mass is 305 g/mol. The van der Waals surface area contributed by atoms with Gasteiger partial charge in [0.05, 0.1) is 10.7 Å². The predicted molar refractivity (Wildman–Crippen MR) is 80.1 cm³/mol. The summed E-state index contributed by atoms with van der Waals surface area (Å²) in [6.45, 7) is 0. The van der Waals surface area contributed by atoms with Gasteiger partial charge in [0.2, 0.25) is 4.96 Å². The summed E-state index contributed by atoms with van der Waals surface area (Å²) in [6, 6.07) is 5.56. The van der Waals surface area contributed by atoms with Crippen molar-refractivity contribution in [2.24, 2.45) is 0 Å². The van der Waals surface area contributed by atoms with Crippen molar-refractivity contribution in [1.82, 2.24) is 19.8 Å². The van der Waals surface area contributed by atoms with Gasteiger partial charge in [-0.3, -0.25) is 0 Å². The van der Waals surface area contributed by atoms with Crippen LogP contribution in [0.2, 0.25) is 5.02 Å². The zero-order chi connectivity index (χ0) is 13.7. The Morgan fingerprint density at radius 1 is 1.30 bits per heavy atom. The van der Waals surface area contributed by atoms with Crippen molar-refractivity contribution in [3.63, 3.8) is 0 Å². The van der Waals surface area contributed by atoms with E-state index in [1.54, 1.807) is 6.07 Å². The van der Waals surface area contributed by atoms with E-state index >= 15 is 0 Å². The lowest BCUT2D eigenvalue weighted by atomic mass is 9.85. The number of hydrogen-bond donors (Lipinski definition) is 1. The standard InChI is InChI=1S/C13H12ClN5S/c14-9-5-4-8(6-10(9)15)12-18-19-11(7-2-1-3-7)16-17-13(19)20-12/h4-7H,1-3,15H2. The van der Waals surface area contributed by atoms with Gasteiger partial charge in [0.25, 0.3) is 0 Å². The maximum atomic E-state index is 5.95. The van der Waals surface area contributed by atoms with Crippen LogP contribution in [0.25, 0.3) is 15.5 Å². The Bertz CT molecular complexity index is 789. The number of anilines is 1. The van der Waals surface area contributed by atoms with Gasteiger partial charge >= 0.3 is 0 Å². The molecule has 0 aliphatic heterocycles. The molecule has 0 bridgehead atoms. The van der Waals surface area contributed by atoms with Gasteiger partial charge in [-0.1, -0.05) is 35.4 Å². The van der Waals surface area contributed by atoms with Crippen LogP contribution in [-0.2, 0) is 0 Å². The number of benzene rings is 1. The minimum absolute atomic E-state index is 0.509. The van der Waals surface area contributed by atoms with Gasteiger partial charge in [-0.25, -0.2) is 0 Å². The fraction of sp³-hybridized carbons (Fsp3) is 0.308. The number of aromatic nitrogens is 4. The molecule has 0 radical (unpaired) electrons. The molecule has 20 heavy (non-hydrogen) atoms. The van der Waals surface area contributed by atoms with Crippen molar-refractivity contribution in [3.05, 3.63) is 29.0 Å². The van der Waals surface area contributed by atoms with E-state index in [2.05, 4.69) is 15.3 Å². The van der Waals surface area contributed by atoms with Gasteiger partial charge < -0.3 is 5.73 Å². The molecule has 1 aromatic carbocycles. The van der Waals surface area contributed by atoms with E-state index < -0.39 is 0 Å². The predicted octanol–water partition coefficient (Wildman–Crippen LogP) is 3.36. The number of halogens is 1. The van der Waals surface area contributed by atoms with E-state index in [0.717, 1.165) is 21.4 Å². The summed E-state index contributed by atoms with van der Waals surface area (Å²) in [5.41, 5.74) is 7.37. The molecule has 2 N–H and O–H groups in total. The maximum absolute atomic E-state index is 5.95. The molecule has 0 atom stereocenters. The number of rotatable bonds is 2. The van der Waals surface area contributed by atoms with Crippen molar-refractivity contribution in [2.45, 2.75) is 25.2 Å². The number of nitrogen functional groups attached to an aromatic ring is 1. The molecule has 2 heterocycles. The third-order valence-corrected chi connectivity index (χ3v) is 5.02. The first kappa shape index (κ1) is 12.1. The van der Waals surface area contributed by atoms with Gasteiger partial charge in [-0.15, -0.1) is 10.2 Å². The Morgan fingerprint density at radius 2 is 2.15 bits per heavy atom. The summed E-state index contributed by atoms with van der Waals surface area (Å²) in [5.74, 6) is 1.49. The van der Waals surface area contributed by atoms with Crippen LogP contribution in [-0.4, -0.2) is 19.8 Å². The molecule has 1 aliphatic carbocycles. The molecule has 0 unspecified atom stereocenters. The summed E-state index contributed by atoms with van der Waals surface area (Å²) in [5, 5.41) is 14.6. The topological polar surface area (TPSA) is 69.1 Å². The van der Waals surface area contributed by atoms with Crippen molar-refractivity contribution in [3.8, 4) is 10.6 Å². The van der Waals surface area contributed by atoms with E-state index in [4.69, 9.17) is 17.3 Å². The van der Waals surface area contributed by atoms with Crippen LogP contribution < -0.4 is 5.73 Å². The highest BCUT2D eigenvalue weighted by molar-refractivity contribution is 7.19. The Hall–Kier alpha value is -1.66. The Kier molecular flexibility index (Phi) is 2.68. The van der Waals surface area contributed by atoms with Gasteiger partial charge in [-0.2, -0.15) is 9.61 Å². The molecule has 0 spiro atoms. The smallest absolute Gasteiger partial charge is 0.234 e. The minimum Gasteiger partial charge on any atom is -0.398 e. The largest absolute Gasteiger partial charge is 0.398 e. The molecule has 2 aromatic heterocycles.